The number of Topliss-reactive ketones (excluding diaryl/α,β-unsaturated/α-hetero) is 1. The Morgan fingerprint density at radius 1 is 1.40 bits per heavy atom. The van der Waals surface area contributed by atoms with Gasteiger partial charge in [0.1, 0.15) is 5.78 Å². The van der Waals surface area contributed by atoms with Crippen LogP contribution < -0.4 is 0 Å². The number of ketones is 1. The molecular formula is C9H14O. The fraction of sp³-hybridized carbons (Fsp3) is 0.889. The molecule has 0 aromatic rings. The quantitative estimate of drug-likeness (QED) is 0.500. The molecule has 0 aromatic heterocycles. The zero-order chi connectivity index (χ0) is 7.35. The first-order valence-corrected chi connectivity index (χ1v) is 4.11. The van der Waals surface area contributed by atoms with E-state index in [1.54, 1.807) is 0 Å². The van der Waals surface area contributed by atoms with Crippen molar-refractivity contribution >= 4 is 5.78 Å². The van der Waals surface area contributed by atoms with Gasteiger partial charge in [-0.2, -0.15) is 0 Å². The lowest BCUT2D eigenvalue weighted by molar-refractivity contribution is -0.132. The van der Waals surface area contributed by atoms with E-state index in [-0.39, 0.29) is 0 Å². The lowest BCUT2D eigenvalue weighted by Gasteiger charge is -2.27. The molecule has 2 rings (SSSR count). The Morgan fingerprint density at radius 2 is 2.10 bits per heavy atom. The predicted molar refractivity (Wildman–Crippen MR) is 39.6 cm³/mol. The summed E-state index contributed by atoms with van der Waals surface area (Å²) in [6.07, 6.45) is 3.31. The topological polar surface area (TPSA) is 17.1 Å². The van der Waals surface area contributed by atoms with E-state index in [0.717, 1.165) is 18.8 Å². The van der Waals surface area contributed by atoms with Gasteiger partial charge < -0.3 is 0 Å². The van der Waals surface area contributed by atoms with Gasteiger partial charge in [-0.25, -0.2) is 0 Å². The minimum Gasteiger partial charge on any atom is -0.299 e. The van der Waals surface area contributed by atoms with Crippen molar-refractivity contribution in [2.45, 2.75) is 33.1 Å². The zero-order valence-corrected chi connectivity index (χ0v) is 6.68. The lowest BCUT2D eigenvalue weighted by Crippen LogP contribution is -2.32. The Morgan fingerprint density at radius 3 is 2.50 bits per heavy atom. The van der Waals surface area contributed by atoms with Crippen LogP contribution in [0.15, 0.2) is 0 Å². The van der Waals surface area contributed by atoms with Gasteiger partial charge in [0.25, 0.3) is 0 Å². The van der Waals surface area contributed by atoms with Crippen molar-refractivity contribution in [3.05, 3.63) is 0 Å². The molecule has 0 unspecified atom stereocenters. The van der Waals surface area contributed by atoms with Gasteiger partial charge in [0, 0.05) is 12.3 Å². The smallest absolute Gasteiger partial charge is 0.136 e. The zero-order valence-electron chi connectivity index (χ0n) is 6.68. The van der Waals surface area contributed by atoms with Gasteiger partial charge in [0.2, 0.25) is 0 Å². The molecule has 0 saturated heterocycles. The minimum absolute atomic E-state index is 0.460. The molecule has 2 fully saturated rings. The molecule has 10 heavy (non-hydrogen) atoms. The average Bonchev–Trinajstić information content (AvgIpc) is 2.04. The van der Waals surface area contributed by atoms with E-state index >= 15 is 0 Å². The molecule has 0 aromatic carbocycles. The van der Waals surface area contributed by atoms with E-state index in [1.807, 2.05) is 0 Å². The maximum Gasteiger partial charge on any atom is 0.136 e. The van der Waals surface area contributed by atoms with Crippen LogP contribution in [-0.4, -0.2) is 5.78 Å². The van der Waals surface area contributed by atoms with E-state index < -0.39 is 0 Å². The van der Waals surface area contributed by atoms with Crippen LogP contribution in [0.5, 0.6) is 0 Å². The highest BCUT2D eigenvalue weighted by Gasteiger charge is 2.49. The third kappa shape index (κ3) is 0.727. The van der Waals surface area contributed by atoms with E-state index in [1.165, 1.54) is 6.42 Å². The normalized spacial score (nSPS) is 42.8. The van der Waals surface area contributed by atoms with Gasteiger partial charge in [-0.3, -0.25) is 4.79 Å². The summed E-state index contributed by atoms with van der Waals surface area (Å²) < 4.78 is 0. The Labute approximate surface area is 61.8 Å². The van der Waals surface area contributed by atoms with Crippen LogP contribution in [0.25, 0.3) is 0 Å². The Hall–Kier alpha value is -0.330. The number of hydrogen-bond acceptors (Lipinski definition) is 1. The summed E-state index contributed by atoms with van der Waals surface area (Å²) in [6, 6.07) is 0. The summed E-state index contributed by atoms with van der Waals surface area (Å²) in [6.45, 7) is 4.55. The molecule has 0 amide bonds. The second-order valence-electron chi connectivity index (χ2n) is 4.61. The summed E-state index contributed by atoms with van der Waals surface area (Å²) >= 11 is 0. The molecule has 1 nitrogen and oxygen atoms in total. The van der Waals surface area contributed by atoms with Crippen LogP contribution in [0.1, 0.15) is 33.1 Å². The Balaban J connectivity index is 2.12. The number of hydrogen-bond donors (Lipinski definition) is 0. The minimum atomic E-state index is 0.460. The van der Waals surface area contributed by atoms with Crippen LogP contribution in [0.2, 0.25) is 0 Å². The molecule has 0 aliphatic heterocycles. The van der Waals surface area contributed by atoms with E-state index in [0.29, 0.717) is 17.1 Å². The third-order valence-electron chi connectivity index (χ3n) is 3.03. The molecule has 0 spiro atoms. The van der Waals surface area contributed by atoms with E-state index in [9.17, 15) is 4.79 Å². The van der Waals surface area contributed by atoms with Crippen molar-refractivity contribution < 1.29 is 4.79 Å². The predicted octanol–water partition coefficient (Wildman–Crippen LogP) is 2.01. The van der Waals surface area contributed by atoms with Gasteiger partial charge in [0.05, 0.1) is 0 Å². The van der Waals surface area contributed by atoms with Crippen molar-refractivity contribution in [2.24, 2.45) is 17.3 Å². The van der Waals surface area contributed by atoms with Gasteiger partial charge in [0.15, 0.2) is 0 Å². The Bertz CT molecular complexity index is 181. The summed E-state index contributed by atoms with van der Waals surface area (Å²) in [5.41, 5.74) is 0.460. The van der Waals surface area contributed by atoms with Crippen LogP contribution in [0.4, 0.5) is 0 Å². The molecule has 2 aliphatic rings. The fourth-order valence-corrected chi connectivity index (χ4v) is 2.54. The molecule has 0 heterocycles. The number of fused-ring (bicyclic) bond motifs is 1. The van der Waals surface area contributed by atoms with E-state index in [4.69, 9.17) is 0 Å². The number of rotatable bonds is 0. The van der Waals surface area contributed by atoms with Crippen LogP contribution >= 0.6 is 0 Å². The highest BCUT2D eigenvalue weighted by Crippen LogP contribution is 2.52. The SMILES string of the molecule is CC1(C)C[C@H]2CC(=O)[C@H]2C1. The second-order valence-corrected chi connectivity index (χ2v) is 4.61. The maximum absolute atomic E-state index is 11.0. The van der Waals surface area contributed by atoms with Gasteiger partial charge in [-0.05, 0) is 24.2 Å². The van der Waals surface area contributed by atoms with Gasteiger partial charge >= 0.3 is 0 Å². The molecule has 2 saturated carbocycles. The molecular weight excluding hydrogens is 124 g/mol. The fourth-order valence-electron chi connectivity index (χ4n) is 2.54. The lowest BCUT2D eigenvalue weighted by atomic mass is 9.75. The molecule has 0 N–H and O–H groups in total. The first-order chi connectivity index (χ1) is 4.58. The van der Waals surface area contributed by atoms with Crippen molar-refractivity contribution in [3.8, 4) is 0 Å². The molecule has 2 aliphatic carbocycles. The van der Waals surface area contributed by atoms with Crippen molar-refractivity contribution in [3.63, 3.8) is 0 Å². The first-order valence-electron chi connectivity index (χ1n) is 4.11. The van der Waals surface area contributed by atoms with Crippen molar-refractivity contribution in [2.75, 3.05) is 0 Å². The number of carbonyl (C=O) groups is 1. The van der Waals surface area contributed by atoms with Crippen LogP contribution in [0.3, 0.4) is 0 Å². The van der Waals surface area contributed by atoms with Gasteiger partial charge in [-0.1, -0.05) is 13.8 Å². The summed E-state index contributed by atoms with van der Waals surface area (Å²) in [5, 5.41) is 0. The maximum atomic E-state index is 11.0. The second kappa shape index (κ2) is 1.63. The molecule has 0 bridgehead atoms. The average molecular weight is 138 g/mol. The monoisotopic (exact) mass is 138 g/mol. The van der Waals surface area contributed by atoms with Crippen molar-refractivity contribution in [1.82, 2.24) is 0 Å². The summed E-state index contributed by atoms with van der Waals surface area (Å²) in [7, 11) is 0. The van der Waals surface area contributed by atoms with Gasteiger partial charge in [-0.15, -0.1) is 0 Å². The highest BCUT2D eigenvalue weighted by atomic mass is 16.1. The third-order valence-corrected chi connectivity index (χ3v) is 3.03. The molecule has 1 heteroatoms. The van der Waals surface area contributed by atoms with Crippen molar-refractivity contribution in [1.29, 1.82) is 0 Å². The van der Waals surface area contributed by atoms with Crippen LogP contribution in [0, 0.1) is 17.3 Å². The summed E-state index contributed by atoms with van der Waals surface area (Å²) in [5.74, 6) is 1.76. The number of carbonyl (C=O) groups excluding carboxylic acids is 1. The van der Waals surface area contributed by atoms with Crippen LogP contribution in [-0.2, 0) is 4.79 Å². The standard InChI is InChI=1S/C9H14O/c1-9(2)4-6-3-8(10)7(6)5-9/h6-7H,3-5H2,1-2H3/t6-,7+/m1/s1. The Kier molecular flexibility index (Phi) is 1.04. The molecule has 0 radical (unpaired) electrons. The highest BCUT2D eigenvalue weighted by molar-refractivity contribution is 5.87. The summed E-state index contributed by atoms with van der Waals surface area (Å²) in [4.78, 5) is 11.0. The molecule has 2 atom stereocenters. The molecule has 56 valence electrons. The largest absolute Gasteiger partial charge is 0.299 e. The van der Waals surface area contributed by atoms with E-state index in [2.05, 4.69) is 13.8 Å². The first kappa shape index (κ1) is 6.38.